The molecule has 0 fully saturated rings. The lowest BCUT2D eigenvalue weighted by Gasteiger charge is -2.13. The predicted octanol–water partition coefficient (Wildman–Crippen LogP) is 3.63. The lowest BCUT2D eigenvalue weighted by atomic mass is 10.1. The Kier molecular flexibility index (Phi) is 5.55. The van der Waals surface area contributed by atoms with E-state index in [1.54, 1.807) is 13.8 Å². The van der Waals surface area contributed by atoms with Gasteiger partial charge in [-0.1, -0.05) is 34.1 Å². The summed E-state index contributed by atoms with van der Waals surface area (Å²) < 4.78 is 6.52. The zero-order valence-electron chi connectivity index (χ0n) is 15.2. The van der Waals surface area contributed by atoms with E-state index in [0.717, 1.165) is 16.5 Å². The molecular formula is C19H19BrN4O3. The normalized spacial score (nSPS) is 12.0. The Morgan fingerprint density at radius 1 is 1.33 bits per heavy atom. The molecule has 140 valence electrons. The van der Waals surface area contributed by atoms with Crippen LogP contribution in [-0.4, -0.2) is 38.1 Å². The van der Waals surface area contributed by atoms with Crippen molar-refractivity contribution >= 4 is 44.5 Å². The third-order valence-corrected chi connectivity index (χ3v) is 4.41. The number of hydrogen-bond donors (Lipinski definition) is 1. The van der Waals surface area contributed by atoms with Crippen LogP contribution in [0.4, 0.5) is 5.82 Å². The summed E-state index contributed by atoms with van der Waals surface area (Å²) >= 11 is 3.23. The molecule has 0 saturated heterocycles. The van der Waals surface area contributed by atoms with E-state index in [1.165, 1.54) is 10.9 Å². The number of hydrogen-bond acceptors (Lipinski definition) is 5. The summed E-state index contributed by atoms with van der Waals surface area (Å²) in [6.45, 7) is 5.61. The number of nitrogens with zero attached hydrogens (tertiary/aromatic N) is 3. The summed E-state index contributed by atoms with van der Waals surface area (Å²) in [5, 5.41) is 8.04. The summed E-state index contributed by atoms with van der Waals surface area (Å²) in [7, 11) is 0. The molecular weight excluding hydrogens is 412 g/mol. The molecule has 1 N–H and O–H groups in total. The first-order chi connectivity index (χ1) is 12.9. The van der Waals surface area contributed by atoms with Gasteiger partial charge < -0.3 is 10.1 Å². The number of amides is 1. The number of aryl methyl sites for hydroxylation is 1. The van der Waals surface area contributed by atoms with Gasteiger partial charge in [0.2, 0.25) is 5.91 Å². The number of fused-ring (bicyclic) bond motifs is 1. The standard InChI is InChI=1S/C19H19BrN4O3/c1-4-27-19(26)14-10-21-24(17(14)23-18(25)12(3)20)16-9-11(2)13-7-5-6-8-15(13)22-16/h5-10,12H,4H2,1-3H3,(H,23,25). The van der Waals surface area contributed by atoms with Gasteiger partial charge in [0, 0.05) is 5.39 Å². The van der Waals surface area contributed by atoms with Crippen LogP contribution in [0.1, 0.15) is 29.8 Å². The fourth-order valence-electron chi connectivity index (χ4n) is 2.66. The molecule has 0 bridgehead atoms. The molecule has 2 aromatic heterocycles. The first-order valence-electron chi connectivity index (χ1n) is 8.49. The fourth-order valence-corrected chi connectivity index (χ4v) is 2.77. The van der Waals surface area contributed by atoms with E-state index in [2.05, 4.69) is 31.3 Å². The fraction of sp³-hybridized carbons (Fsp3) is 0.263. The van der Waals surface area contributed by atoms with Gasteiger partial charge in [0.15, 0.2) is 11.6 Å². The van der Waals surface area contributed by atoms with Gasteiger partial charge in [-0.25, -0.2) is 9.78 Å². The van der Waals surface area contributed by atoms with E-state index in [0.29, 0.717) is 5.82 Å². The van der Waals surface area contributed by atoms with Crippen molar-refractivity contribution < 1.29 is 14.3 Å². The molecule has 0 aliphatic carbocycles. The van der Waals surface area contributed by atoms with Crippen LogP contribution < -0.4 is 5.32 Å². The van der Waals surface area contributed by atoms with Crippen molar-refractivity contribution in [3.05, 3.63) is 47.7 Å². The highest BCUT2D eigenvalue weighted by Gasteiger charge is 2.23. The number of para-hydroxylation sites is 1. The lowest BCUT2D eigenvalue weighted by Crippen LogP contribution is -2.23. The van der Waals surface area contributed by atoms with Crippen LogP contribution in [0.15, 0.2) is 36.5 Å². The Morgan fingerprint density at radius 2 is 2.07 bits per heavy atom. The molecule has 8 heteroatoms. The third-order valence-electron chi connectivity index (χ3n) is 3.99. The van der Waals surface area contributed by atoms with E-state index in [4.69, 9.17) is 4.74 Å². The van der Waals surface area contributed by atoms with Gasteiger partial charge in [-0.15, -0.1) is 0 Å². The van der Waals surface area contributed by atoms with Crippen LogP contribution in [-0.2, 0) is 9.53 Å². The van der Waals surface area contributed by atoms with Gasteiger partial charge in [0.05, 0.1) is 23.1 Å². The van der Waals surface area contributed by atoms with Gasteiger partial charge in [-0.05, 0) is 38.5 Å². The third kappa shape index (κ3) is 3.85. The van der Waals surface area contributed by atoms with E-state index >= 15 is 0 Å². The number of esters is 1. The van der Waals surface area contributed by atoms with Crippen molar-refractivity contribution in [2.75, 3.05) is 11.9 Å². The van der Waals surface area contributed by atoms with Gasteiger partial charge in [0.1, 0.15) is 5.56 Å². The number of nitrogens with one attached hydrogen (secondary N) is 1. The van der Waals surface area contributed by atoms with Gasteiger partial charge >= 0.3 is 5.97 Å². The first-order valence-corrected chi connectivity index (χ1v) is 9.40. The number of halogens is 1. The molecule has 3 rings (SSSR count). The minimum Gasteiger partial charge on any atom is -0.462 e. The quantitative estimate of drug-likeness (QED) is 0.493. The van der Waals surface area contributed by atoms with Crippen molar-refractivity contribution in [1.29, 1.82) is 0 Å². The molecule has 27 heavy (non-hydrogen) atoms. The highest BCUT2D eigenvalue weighted by molar-refractivity contribution is 9.10. The molecule has 1 aromatic carbocycles. The number of rotatable bonds is 5. The maximum Gasteiger partial charge on any atom is 0.343 e. The Morgan fingerprint density at radius 3 is 2.78 bits per heavy atom. The highest BCUT2D eigenvalue weighted by atomic mass is 79.9. The molecule has 1 unspecified atom stereocenters. The molecule has 1 atom stereocenters. The number of pyridine rings is 1. The summed E-state index contributed by atoms with van der Waals surface area (Å²) in [5.74, 6) is -0.134. The number of alkyl halides is 1. The monoisotopic (exact) mass is 430 g/mol. The molecule has 0 aliphatic rings. The lowest BCUT2D eigenvalue weighted by molar-refractivity contribution is -0.115. The average Bonchev–Trinajstić information content (AvgIpc) is 3.05. The van der Waals surface area contributed by atoms with Gasteiger partial charge in [0.25, 0.3) is 0 Å². The smallest absolute Gasteiger partial charge is 0.343 e. The summed E-state index contributed by atoms with van der Waals surface area (Å²) in [6, 6.07) is 9.61. The average molecular weight is 431 g/mol. The van der Waals surface area contributed by atoms with Crippen LogP contribution in [0.5, 0.6) is 0 Å². The second-order valence-electron chi connectivity index (χ2n) is 5.96. The van der Waals surface area contributed by atoms with Crippen molar-refractivity contribution in [1.82, 2.24) is 14.8 Å². The maximum atomic E-state index is 12.3. The molecule has 2 heterocycles. The molecule has 1 amide bonds. The number of aromatic nitrogens is 3. The second-order valence-corrected chi connectivity index (χ2v) is 7.33. The Bertz CT molecular complexity index is 1010. The first kappa shape index (κ1) is 19.0. The van der Waals surface area contributed by atoms with Gasteiger partial charge in [-0.2, -0.15) is 9.78 Å². The number of carbonyl (C=O) groups is 2. The zero-order chi connectivity index (χ0) is 19.6. The molecule has 7 nitrogen and oxygen atoms in total. The predicted molar refractivity (Wildman–Crippen MR) is 107 cm³/mol. The Hall–Kier alpha value is -2.74. The van der Waals surface area contributed by atoms with E-state index < -0.39 is 10.8 Å². The molecule has 0 aliphatic heterocycles. The van der Waals surface area contributed by atoms with Crippen LogP contribution in [0, 0.1) is 6.92 Å². The van der Waals surface area contributed by atoms with Crippen LogP contribution >= 0.6 is 15.9 Å². The molecule has 0 radical (unpaired) electrons. The summed E-state index contributed by atoms with van der Waals surface area (Å²) in [6.07, 6.45) is 1.37. The largest absolute Gasteiger partial charge is 0.462 e. The number of carbonyl (C=O) groups excluding carboxylic acids is 2. The van der Waals surface area contributed by atoms with E-state index in [1.807, 2.05) is 37.3 Å². The van der Waals surface area contributed by atoms with E-state index in [-0.39, 0.29) is 23.9 Å². The van der Waals surface area contributed by atoms with Crippen molar-refractivity contribution in [3.63, 3.8) is 0 Å². The van der Waals surface area contributed by atoms with Crippen LogP contribution in [0.2, 0.25) is 0 Å². The highest BCUT2D eigenvalue weighted by Crippen LogP contribution is 2.24. The summed E-state index contributed by atoms with van der Waals surface area (Å²) in [5.41, 5.74) is 1.98. The van der Waals surface area contributed by atoms with Crippen LogP contribution in [0.3, 0.4) is 0 Å². The number of ether oxygens (including phenoxy) is 1. The minimum atomic E-state index is -0.557. The molecule has 0 spiro atoms. The number of benzene rings is 1. The molecule has 3 aromatic rings. The van der Waals surface area contributed by atoms with E-state index in [9.17, 15) is 9.59 Å². The van der Waals surface area contributed by atoms with Crippen molar-refractivity contribution in [3.8, 4) is 5.82 Å². The zero-order valence-corrected chi connectivity index (χ0v) is 16.8. The molecule has 0 saturated carbocycles. The van der Waals surface area contributed by atoms with Crippen LogP contribution in [0.25, 0.3) is 16.7 Å². The summed E-state index contributed by atoms with van der Waals surface area (Å²) in [4.78, 5) is 28.7. The minimum absolute atomic E-state index is 0.172. The van der Waals surface area contributed by atoms with Crippen molar-refractivity contribution in [2.45, 2.75) is 25.6 Å². The SMILES string of the molecule is CCOC(=O)c1cnn(-c2cc(C)c3ccccc3n2)c1NC(=O)C(C)Br. The second kappa shape index (κ2) is 7.87. The Balaban J connectivity index is 2.14. The maximum absolute atomic E-state index is 12.3. The Labute approximate surface area is 164 Å². The van der Waals surface area contributed by atoms with Crippen molar-refractivity contribution in [2.24, 2.45) is 0 Å². The topological polar surface area (TPSA) is 86.1 Å². The van der Waals surface area contributed by atoms with Gasteiger partial charge in [-0.3, -0.25) is 4.79 Å². The number of anilines is 1.